The van der Waals surface area contributed by atoms with Crippen LogP contribution in [0, 0.1) is 13.8 Å². The number of carbonyl (C=O) groups is 3. The molecule has 11 nitrogen and oxygen atoms in total. The highest BCUT2D eigenvalue weighted by atomic mass is 32.2. The first-order valence-electron chi connectivity index (χ1n) is 9.02. The third kappa shape index (κ3) is 4.73. The molecule has 32 heavy (non-hydrogen) atoms. The van der Waals surface area contributed by atoms with Gasteiger partial charge in [0.1, 0.15) is 0 Å². The van der Waals surface area contributed by atoms with Crippen LogP contribution in [0.2, 0.25) is 0 Å². The van der Waals surface area contributed by atoms with E-state index in [1.807, 2.05) is 0 Å². The fourth-order valence-electron chi connectivity index (χ4n) is 2.81. The Bertz CT molecular complexity index is 1160. The van der Waals surface area contributed by atoms with Crippen LogP contribution < -0.4 is 11.5 Å². The van der Waals surface area contributed by atoms with Crippen LogP contribution in [0.3, 0.4) is 0 Å². The van der Waals surface area contributed by atoms with Crippen molar-refractivity contribution in [2.45, 2.75) is 36.7 Å². The Hall–Kier alpha value is -3.45. The van der Waals surface area contributed by atoms with Crippen molar-refractivity contribution >= 4 is 37.9 Å². The molecule has 4 N–H and O–H groups in total. The number of hydrogen-bond acceptors (Lipinski definition) is 7. The lowest BCUT2D eigenvalue weighted by atomic mass is 10.2. The largest absolute Gasteiger partial charge is 0.351 e. The summed E-state index contributed by atoms with van der Waals surface area (Å²) in [5.74, 6) is -1.19. The van der Waals surface area contributed by atoms with Gasteiger partial charge in [0, 0.05) is 0 Å². The van der Waals surface area contributed by atoms with Crippen molar-refractivity contribution in [3.63, 3.8) is 0 Å². The highest BCUT2D eigenvalue weighted by Gasteiger charge is 2.47. The number of carbonyl (C=O) groups excluding carboxylic acids is 3. The Morgan fingerprint density at radius 2 is 0.969 bits per heavy atom. The van der Waals surface area contributed by atoms with Crippen molar-refractivity contribution in [3.8, 4) is 0 Å². The van der Waals surface area contributed by atoms with Crippen molar-refractivity contribution in [1.82, 2.24) is 8.61 Å². The molecule has 13 heteroatoms. The van der Waals surface area contributed by atoms with E-state index in [9.17, 15) is 31.2 Å². The van der Waals surface area contributed by atoms with Gasteiger partial charge in [-0.3, -0.25) is 4.79 Å². The zero-order valence-electron chi connectivity index (χ0n) is 17.4. The van der Waals surface area contributed by atoms with Crippen molar-refractivity contribution < 1.29 is 31.2 Å². The predicted octanol–water partition coefficient (Wildman–Crippen LogP) is 1.06. The number of rotatable bonds is 7. The molecular formula is C19H22N4O7S2. The first kappa shape index (κ1) is 24.8. The number of sulfonamides is 2. The van der Waals surface area contributed by atoms with Gasteiger partial charge in [-0.1, -0.05) is 35.4 Å². The lowest BCUT2D eigenvalue weighted by Gasteiger charge is -2.34. The SMILES string of the molecule is CC(=O)C(N(C(N)=O)S(=O)(=O)c1ccc(C)cc1)N(C(N)=O)S(=O)(=O)c1ccc(C)cc1. The molecule has 0 aliphatic carbocycles. The van der Waals surface area contributed by atoms with Crippen molar-refractivity contribution in [3.05, 3.63) is 59.7 Å². The van der Waals surface area contributed by atoms with Crippen LogP contribution in [-0.2, 0) is 24.8 Å². The van der Waals surface area contributed by atoms with Crippen molar-refractivity contribution in [1.29, 1.82) is 0 Å². The number of amides is 4. The molecule has 0 unspecified atom stereocenters. The molecule has 0 aliphatic heterocycles. The zero-order valence-corrected chi connectivity index (χ0v) is 19.1. The van der Waals surface area contributed by atoms with Crippen LogP contribution in [-0.4, -0.2) is 49.5 Å². The third-order valence-corrected chi connectivity index (χ3v) is 7.93. The summed E-state index contributed by atoms with van der Waals surface area (Å²) in [6.45, 7) is 4.17. The predicted molar refractivity (Wildman–Crippen MR) is 114 cm³/mol. The Morgan fingerprint density at radius 1 is 0.688 bits per heavy atom. The summed E-state index contributed by atoms with van der Waals surface area (Å²) >= 11 is 0. The summed E-state index contributed by atoms with van der Waals surface area (Å²) in [4.78, 5) is 36.0. The smallest absolute Gasteiger partial charge is 0.331 e. The molecule has 2 aromatic carbocycles. The van der Waals surface area contributed by atoms with Crippen LogP contribution in [0.15, 0.2) is 58.3 Å². The van der Waals surface area contributed by atoms with E-state index in [-0.39, 0.29) is 8.61 Å². The van der Waals surface area contributed by atoms with Crippen LogP contribution in [0.1, 0.15) is 18.1 Å². The first-order chi connectivity index (χ1) is 14.7. The van der Waals surface area contributed by atoms with Gasteiger partial charge in [0.25, 0.3) is 20.0 Å². The highest BCUT2D eigenvalue weighted by molar-refractivity contribution is 7.90. The highest BCUT2D eigenvalue weighted by Crippen LogP contribution is 2.26. The number of hydrogen-bond donors (Lipinski definition) is 2. The van der Waals surface area contributed by atoms with Gasteiger partial charge in [-0.15, -0.1) is 0 Å². The summed E-state index contributed by atoms with van der Waals surface area (Å²) in [6, 6.07) is 6.87. The third-order valence-electron chi connectivity index (χ3n) is 4.40. The molecule has 2 rings (SSSR count). The lowest BCUT2D eigenvalue weighted by Crippen LogP contribution is -2.62. The molecule has 0 saturated heterocycles. The summed E-state index contributed by atoms with van der Waals surface area (Å²) < 4.78 is 52.3. The van der Waals surface area contributed by atoms with Gasteiger partial charge in [-0.25, -0.2) is 26.4 Å². The molecule has 0 saturated carbocycles. The minimum Gasteiger partial charge on any atom is -0.351 e. The Labute approximate surface area is 185 Å². The monoisotopic (exact) mass is 482 g/mol. The van der Waals surface area contributed by atoms with Crippen LogP contribution in [0.4, 0.5) is 9.59 Å². The van der Waals surface area contributed by atoms with E-state index in [1.54, 1.807) is 13.8 Å². The molecule has 0 spiro atoms. The topological polar surface area (TPSA) is 178 Å². The molecule has 4 amide bonds. The number of benzene rings is 2. The number of ketones is 1. The molecule has 0 bridgehead atoms. The summed E-state index contributed by atoms with van der Waals surface area (Å²) in [5.41, 5.74) is 11.9. The molecule has 0 heterocycles. The van der Waals surface area contributed by atoms with Gasteiger partial charge in [0.2, 0.25) is 0 Å². The number of urea groups is 2. The Kier molecular flexibility index (Phi) is 6.95. The van der Waals surface area contributed by atoms with Crippen LogP contribution >= 0.6 is 0 Å². The molecule has 0 radical (unpaired) electrons. The number of aryl methyl sites for hydroxylation is 2. The minimum atomic E-state index is -4.86. The molecule has 0 aromatic heterocycles. The molecule has 0 fully saturated rings. The number of nitrogens with two attached hydrogens (primary N) is 2. The number of Topliss-reactive ketones (excluding diaryl/α,β-unsaturated/α-hetero) is 1. The summed E-state index contributed by atoms with van der Waals surface area (Å²) in [7, 11) is -9.73. The Balaban J connectivity index is 2.76. The van der Waals surface area contributed by atoms with Crippen LogP contribution in [0.5, 0.6) is 0 Å². The molecule has 172 valence electrons. The van der Waals surface area contributed by atoms with E-state index in [4.69, 9.17) is 11.5 Å². The van der Waals surface area contributed by atoms with E-state index in [0.717, 1.165) is 31.2 Å². The molecule has 0 atom stereocenters. The van der Waals surface area contributed by atoms with Gasteiger partial charge in [-0.2, -0.15) is 8.61 Å². The maximum absolute atomic E-state index is 13.2. The summed E-state index contributed by atoms with van der Waals surface area (Å²) in [5, 5.41) is 0. The second-order valence-corrected chi connectivity index (χ2v) is 10.5. The lowest BCUT2D eigenvalue weighted by molar-refractivity contribution is -0.122. The first-order valence-corrected chi connectivity index (χ1v) is 11.9. The molecule has 0 aliphatic rings. The van der Waals surface area contributed by atoms with E-state index in [0.29, 0.717) is 11.1 Å². The molecular weight excluding hydrogens is 460 g/mol. The van der Waals surface area contributed by atoms with Gasteiger partial charge >= 0.3 is 12.1 Å². The normalized spacial score (nSPS) is 11.8. The second-order valence-electron chi connectivity index (χ2n) is 6.89. The summed E-state index contributed by atoms with van der Waals surface area (Å²) in [6.07, 6.45) is -2.48. The van der Waals surface area contributed by atoms with E-state index in [1.165, 1.54) is 24.3 Å². The fourth-order valence-corrected chi connectivity index (χ4v) is 5.77. The van der Waals surface area contributed by atoms with E-state index in [2.05, 4.69) is 0 Å². The fraction of sp³-hybridized carbons (Fsp3) is 0.211. The second kappa shape index (κ2) is 8.96. The number of primary amides is 2. The van der Waals surface area contributed by atoms with Gasteiger partial charge in [0.05, 0.1) is 9.79 Å². The van der Waals surface area contributed by atoms with Crippen molar-refractivity contribution in [2.75, 3.05) is 0 Å². The van der Waals surface area contributed by atoms with E-state index < -0.39 is 53.8 Å². The van der Waals surface area contributed by atoms with Gasteiger partial charge in [-0.05, 0) is 45.0 Å². The van der Waals surface area contributed by atoms with Gasteiger partial charge in [0.15, 0.2) is 11.9 Å². The molecule has 2 aromatic rings. The standard InChI is InChI=1S/C19H22N4O7S2/c1-12-4-8-15(9-5-12)31(27,28)22(18(20)25)17(14(3)24)23(19(21)26)32(29,30)16-10-6-13(2)7-11-16/h4-11,17H,1-3H3,(H2,20,25)(H2,21,26). The maximum Gasteiger partial charge on any atom is 0.331 e. The number of nitrogens with zero attached hydrogens (tertiary/aromatic N) is 2. The van der Waals surface area contributed by atoms with Crippen LogP contribution in [0.25, 0.3) is 0 Å². The zero-order chi connectivity index (χ0) is 24.4. The quantitative estimate of drug-likeness (QED) is 0.554. The maximum atomic E-state index is 13.2. The average molecular weight is 483 g/mol. The average Bonchev–Trinajstić information content (AvgIpc) is 2.67. The van der Waals surface area contributed by atoms with Gasteiger partial charge < -0.3 is 11.5 Å². The Morgan fingerprint density at radius 3 is 1.19 bits per heavy atom. The van der Waals surface area contributed by atoms with Crippen molar-refractivity contribution in [2.24, 2.45) is 11.5 Å². The minimum absolute atomic E-state index is 0.170. The van der Waals surface area contributed by atoms with E-state index >= 15 is 0 Å².